The van der Waals surface area contributed by atoms with Crippen molar-refractivity contribution in [3.8, 4) is 11.5 Å². The Morgan fingerprint density at radius 1 is 1.00 bits per heavy atom. The molecule has 0 saturated heterocycles. The molecular formula is C16H15NO6S. The van der Waals surface area contributed by atoms with E-state index in [2.05, 4.69) is 0 Å². The second kappa shape index (κ2) is 5.72. The normalized spacial score (nSPS) is 11.6. The predicted molar refractivity (Wildman–Crippen MR) is 87.3 cm³/mol. The van der Waals surface area contributed by atoms with E-state index in [0.717, 1.165) is 5.56 Å². The first-order valence-electron chi connectivity index (χ1n) is 6.99. The first kappa shape index (κ1) is 16.1. The van der Waals surface area contributed by atoms with Crippen LogP contribution in [0.3, 0.4) is 0 Å². The highest BCUT2D eigenvalue weighted by atomic mass is 32.2. The SMILES string of the molecule is COc1cc2c(=O)on(S(=O)(=O)c3ccc(C)cc3)c2cc1OC. The van der Waals surface area contributed by atoms with Crippen LogP contribution in [0.2, 0.25) is 0 Å². The molecule has 3 rings (SSSR count). The third-order valence-electron chi connectivity index (χ3n) is 3.62. The van der Waals surface area contributed by atoms with E-state index in [9.17, 15) is 13.2 Å². The third-order valence-corrected chi connectivity index (χ3v) is 5.20. The van der Waals surface area contributed by atoms with Crippen molar-refractivity contribution in [3.05, 3.63) is 52.4 Å². The van der Waals surface area contributed by atoms with Gasteiger partial charge in [0.15, 0.2) is 11.5 Å². The zero-order chi connectivity index (χ0) is 17.5. The highest BCUT2D eigenvalue weighted by molar-refractivity contribution is 7.90. The van der Waals surface area contributed by atoms with Crippen LogP contribution >= 0.6 is 0 Å². The highest BCUT2D eigenvalue weighted by Crippen LogP contribution is 2.32. The topological polar surface area (TPSA) is 87.7 Å². The van der Waals surface area contributed by atoms with Crippen molar-refractivity contribution >= 4 is 20.9 Å². The van der Waals surface area contributed by atoms with Gasteiger partial charge in [-0.1, -0.05) is 21.8 Å². The summed E-state index contributed by atoms with van der Waals surface area (Å²) >= 11 is 0. The van der Waals surface area contributed by atoms with E-state index in [0.29, 0.717) is 15.6 Å². The maximum Gasteiger partial charge on any atom is 0.367 e. The molecule has 0 aliphatic heterocycles. The molecule has 0 aliphatic rings. The van der Waals surface area contributed by atoms with Gasteiger partial charge in [-0.25, -0.2) is 4.79 Å². The lowest BCUT2D eigenvalue weighted by Gasteiger charge is -2.08. The molecule has 0 radical (unpaired) electrons. The number of fused-ring (bicyclic) bond motifs is 1. The number of benzene rings is 2. The Morgan fingerprint density at radius 2 is 1.58 bits per heavy atom. The molecular weight excluding hydrogens is 334 g/mol. The number of hydrogen-bond acceptors (Lipinski definition) is 6. The minimum absolute atomic E-state index is 0.0172. The van der Waals surface area contributed by atoms with Crippen molar-refractivity contribution in [2.75, 3.05) is 14.2 Å². The molecule has 24 heavy (non-hydrogen) atoms. The monoisotopic (exact) mass is 349 g/mol. The minimum Gasteiger partial charge on any atom is -0.493 e. The standard InChI is InChI=1S/C16H15NO6S/c1-10-4-6-11(7-5-10)24(19,20)17-13-9-15(22-3)14(21-2)8-12(13)16(18)23-17/h4-9H,1-3H3. The molecule has 3 aromatic rings. The Balaban J connectivity index is 2.30. The smallest absolute Gasteiger partial charge is 0.367 e. The fourth-order valence-corrected chi connectivity index (χ4v) is 3.59. The Hall–Kier alpha value is -2.74. The third kappa shape index (κ3) is 2.44. The summed E-state index contributed by atoms with van der Waals surface area (Å²) in [6.45, 7) is 1.85. The predicted octanol–water partition coefficient (Wildman–Crippen LogP) is 2.16. The van der Waals surface area contributed by atoms with Gasteiger partial charge >= 0.3 is 5.63 Å². The van der Waals surface area contributed by atoms with Gasteiger partial charge in [0.25, 0.3) is 10.0 Å². The molecule has 0 N–H and O–H groups in total. The lowest BCUT2D eigenvalue weighted by atomic mass is 10.2. The largest absolute Gasteiger partial charge is 0.493 e. The molecule has 1 heterocycles. The molecule has 0 atom stereocenters. The van der Waals surface area contributed by atoms with Crippen molar-refractivity contribution in [1.82, 2.24) is 4.15 Å². The van der Waals surface area contributed by atoms with Crippen LogP contribution in [0.4, 0.5) is 0 Å². The lowest BCUT2D eigenvalue weighted by molar-refractivity contribution is 0.350. The second-order valence-electron chi connectivity index (χ2n) is 5.15. The van der Waals surface area contributed by atoms with Crippen LogP contribution in [0.5, 0.6) is 11.5 Å². The number of methoxy groups -OCH3 is 2. The Labute approximate surface area is 138 Å². The zero-order valence-corrected chi connectivity index (χ0v) is 14.1. The van der Waals surface area contributed by atoms with Gasteiger partial charge in [0, 0.05) is 12.1 Å². The van der Waals surface area contributed by atoms with Crippen LogP contribution in [0.25, 0.3) is 10.9 Å². The van der Waals surface area contributed by atoms with Gasteiger partial charge in [-0.3, -0.25) is 0 Å². The number of ether oxygens (including phenoxy) is 2. The fraction of sp³-hybridized carbons (Fsp3) is 0.188. The summed E-state index contributed by atoms with van der Waals surface area (Å²) in [5, 5.41) is 0.0864. The van der Waals surface area contributed by atoms with Crippen LogP contribution < -0.4 is 15.1 Å². The van der Waals surface area contributed by atoms with E-state index < -0.39 is 15.6 Å². The van der Waals surface area contributed by atoms with E-state index in [1.165, 1.54) is 38.5 Å². The van der Waals surface area contributed by atoms with Crippen LogP contribution in [-0.2, 0) is 10.0 Å². The van der Waals surface area contributed by atoms with E-state index in [-0.39, 0.29) is 15.8 Å². The molecule has 2 aromatic carbocycles. The second-order valence-corrected chi connectivity index (χ2v) is 6.90. The summed E-state index contributed by atoms with van der Waals surface area (Å²) in [5.74, 6) is 0.599. The molecule has 0 unspecified atom stereocenters. The Kier molecular flexibility index (Phi) is 3.84. The quantitative estimate of drug-likeness (QED) is 0.717. The van der Waals surface area contributed by atoms with Gasteiger partial charge in [-0.2, -0.15) is 8.42 Å². The van der Waals surface area contributed by atoms with Crippen LogP contribution in [0.15, 0.2) is 50.6 Å². The van der Waals surface area contributed by atoms with E-state index in [1.54, 1.807) is 12.1 Å². The van der Waals surface area contributed by atoms with Crippen molar-refractivity contribution in [2.24, 2.45) is 0 Å². The average Bonchev–Trinajstić information content (AvgIpc) is 2.90. The fourth-order valence-electron chi connectivity index (χ4n) is 2.34. The first-order valence-corrected chi connectivity index (χ1v) is 8.43. The molecule has 0 saturated carbocycles. The lowest BCUT2D eigenvalue weighted by Crippen LogP contribution is -2.12. The maximum atomic E-state index is 12.8. The Bertz CT molecular complexity index is 1060. The number of rotatable bonds is 4. The van der Waals surface area contributed by atoms with Gasteiger partial charge < -0.3 is 14.0 Å². The first-order chi connectivity index (χ1) is 11.4. The van der Waals surface area contributed by atoms with Gasteiger partial charge in [0.2, 0.25) is 0 Å². The van der Waals surface area contributed by atoms with Crippen molar-refractivity contribution in [1.29, 1.82) is 0 Å². The average molecular weight is 349 g/mol. The van der Waals surface area contributed by atoms with E-state index in [1.807, 2.05) is 6.92 Å². The zero-order valence-electron chi connectivity index (χ0n) is 13.3. The molecule has 7 nitrogen and oxygen atoms in total. The molecule has 0 spiro atoms. The van der Waals surface area contributed by atoms with Crippen LogP contribution in [0, 0.1) is 6.92 Å². The van der Waals surface area contributed by atoms with Gasteiger partial charge in [-0.05, 0) is 19.1 Å². The van der Waals surface area contributed by atoms with Crippen molar-refractivity contribution in [2.45, 2.75) is 11.8 Å². The van der Waals surface area contributed by atoms with Gasteiger partial charge in [-0.15, -0.1) is 0 Å². The summed E-state index contributed by atoms with van der Waals surface area (Å²) in [7, 11) is -1.21. The summed E-state index contributed by atoms with van der Waals surface area (Å²) in [5.41, 5.74) is 0.221. The summed E-state index contributed by atoms with van der Waals surface area (Å²) in [6.07, 6.45) is 0. The molecule has 0 aliphatic carbocycles. The number of hydrogen-bond donors (Lipinski definition) is 0. The maximum absolute atomic E-state index is 12.8. The number of aromatic nitrogens is 1. The minimum atomic E-state index is -4.05. The molecule has 8 heteroatoms. The molecule has 0 amide bonds. The van der Waals surface area contributed by atoms with E-state index in [4.69, 9.17) is 14.0 Å². The van der Waals surface area contributed by atoms with Crippen molar-refractivity contribution < 1.29 is 22.4 Å². The van der Waals surface area contributed by atoms with Gasteiger partial charge in [0.05, 0.1) is 24.5 Å². The summed E-state index contributed by atoms with van der Waals surface area (Å²) < 4.78 is 41.4. The molecule has 1 aromatic heterocycles. The van der Waals surface area contributed by atoms with Crippen LogP contribution in [0.1, 0.15) is 5.56 Å². The van der Waals surface area contributed by atoms with E-state index >= 15 is 0 Å². The van der Waals surface area contributed by atoms with Gasteiger partial charge in [0.1, 0.15) is 5.52 Å². The molecule has 0 fully saturated rings. The summed E-state index contributed by atoms with van der Waals surface area (Å²) in [6, 6.07) is 9.03. The van der Waals surface area contributed by atoms with Crippen LogP contribution in [-0.4, -0.2) is 26.8 Å². The molecule has 126 valence electrons. The number of nitrogens with zero attached hydrogens (tertiary/aromatic N) is 1. The van der Waals surface area contributed by atoms with Crippen molar-refractivity contribution in [3.63, 3.8) is 0 Å². The Morgan fingerprint density at radius 3 is 2.17 bits per heavy atom. The number of aryl methyl sites for hydroxylation is 1. The summed E-state index contributed by atoms with van der Waals surface area (Å²) in [4.78, 5) is 12.1. The highest BCUT2D eigenvalue weighted by Gasteiger charge is 2.25. The molecule has 0 bridgehead atoms.